The molecule has 3 aromatic rings. The molecule has 0 aliphatic carbocycles. The first-order valence-electron chi connectivity index (χ1n) is 6.05. The number of hydrogen-bond donors (Lipinski definition) is 0. The molecule has 0 saturated heterocycles. The summed E-state index contributed by atoms with van der Waals surface area (Å²) < 4.78 is 13.3. The Hall–Kier alpha value is -1.17. The van der Waals surface area contributed by atoms with E-state index in [-0.39, 0.29) is 11.1 Å². The molecule has 20 heavy (non-hydrogen) atoms. The van der Waals surface area contributed by atoms with E-state index in [4.69, 9.17) is 11.6 Å². The quantitative estimate of drug-likeness (QED) is 0.489. The van der Waals surface area contributed by atoms with Crippen LogP contribution in [-0.4, -0.2) is 9.97 Å². The first-order chi connectivity index (χ1) is 9.65. The third-order valence-electron chi connectivity index (χ3n) is 2.74. The standard InChI is InChI=1S/C14H10ClFN2S2/c1-2-9-7-11-12(19-9)17-14(15)18-13(11)20-10-5-3-4-8(16)6-10/h3-7H,2H2,1H3. The molecule has 1 aromatic carbocycles. The first kappa shape index (κ1) is 13.8. The highest BCUT2D eigenvalue weighted by Crippen LogP contribution is 2.36. The molecule has 0 bridgehead atoms. The van der Waals surface area contributed by atoms with Crippen molar-refractivity contribution < 1.29 is 4.39 Å². The van der Waals surface area contributed by atoms with Crippen molar-refractivity contribution in [2.24, 2.45) is 0 Å². The van der Waals surface area contributed by atoms with Crippen molar-refractivity contribution in [2.75, 3.05) is 0 Å². The van der Waals surface area contributed by atoms with Gasteiger partial charge in [0.2, 0.25) is 5.28 Å². The lowest BCUT2D eigenvalue weighted by molar-refractivity contribution is 0.624. The smallest absolute Gasteiger partial charge is 0.210 e. The van der Waals surface area contributed by atoms with Crippen LogP contribution in [0.4, 0.5) is 4.39 Å². The summed E-state index contributed by atoms with van der Waals surface area (Å²) in [6.45, 7) is 2.10. The fourth-order valence-electron chi connectivity index (χ4n) is 1.81. The second-order valence-electron chi connectivity index (χ2n) is 4.14. The van der Waals surface area contributed by atoms with E-state index in [0.29, 0.717) is 0 Å². The average Bonchev–Trinajstić information content (AvgIpc) is 2.82. The van der Waals surface area contributed by atoms with Gasteiger partial charge in [0, 0.05) is 15.2 Å². The van der Waals surface area contributed by atoms with E-state index in [2.05, 4.69) is 23.0 Å². The molecule has 0 aliphatic heterocycles. The zero-order valence-corrected chi connectivity index (χ0v) is 12.9. The summed E-state index contributed by atoms with van der Waals surface area (Å²) >= 11 is 8.99. The Labute approximate surface area is 129 Å². The molecule has 0 spiro atoms. The van der Waals surface area contributed by atoms with Gasteiger partial charge in [-0.3, -0.25) is 0 Å². The third kappa shape index (κ3) is 2.80. The van der Waals surface area contributed by atoms with Gasteiger partial charge in [-0.05, 0) is 42.3 Å². The maximum Gasteiger partial charge on any atom is 0.224 e. The molecule has 0 saturated carbocycles. The van der Waals surface area contributed by atoms with Crippen LogP contribution in [0.1, 0.15) is 11.8 Å². The molecular weight excluding hydrogens is 315 g/mol. The minimum absolute atomic E-state index is 0.223. The Morgan fingerprint density at radius 1 is 1.30 bits per heavy atom. The molecule has 102 valence electrons. The maximum absolute atomic E-state index is 13.3. The molecule has 3 rings (SSSR count). The Balaban J connectivity index is 2.08. The zero-order valence-electron chi connectivity index (χ0n) is 10.6. The highest BCUT2D eigenvalue weighted by atomic mass is 35.5. The molecule has 0 radical (unpaired) electrons. The van der Waals surface area contributed by atoms with Crippen LogP contribution in [-0.2, 0) is 6.42 Å². The van der Waals surface area contributed by atoms with Crippen LogP contribution < -0.4 is 0 Å². The van der Waals surface area contributed by atoms with Crippen LogP contribution >= 0.6 is 34.7 Å². The van der Waals surface area contributed by atoms with Crippen LogP contribution in [0.25, 0.3) is 10.2 Å². The van der Waals surface area contributed by atoms with E-state index in [1.165, 1.54) is 28.8 Å². The minimum atomic E-state index is -0.258. The van der Waals surface area contributed by atoms with Gasteiger partial charge in [-0.1, -0.05) is 24.8 Å². The van der Waals surface area contributed by atoms with E-state index < -0.39 is 0 Å². The lowest BCUT2D eigenvalue weighted by Crippen LogP contribution is -1.86. The van der Waals surface area contributed by atoms with Crippen molar-refractivity contribution in [1.29, 1.82) is 0 Å². The summed E-state index contributed by atoms with van der Waals surface area (Å²) in [7, 11) is 0. The van der Waals surface area contributed by atoms with Gasteiger partial charge in [0.25, 0.3) is 0 Å². The SMILES string of the molecule is CCc1cc2c(Sc3cccc(F)c3)nc(Cl)nc2s1. The average molecular weight is 325 g/mol. The lowest BCUT2D eigenvalue weighted by Gasteiger charge is -2.03. The van der Waals surface area contributed by atoms with Gasteiger partial charge < -0.3 is 0 Å². The predicted octanol–water partition coefficient (Wildman–Crippen LogP) is 5.20. The lowest BCUT2D eigenvalue weighted by atomic mass is 10.3. The summed E-state index contributed by atoms with van der Waals surface area (Å²) in [6, 6.07) is 8.52. The number of benzene rings is 1. The Morgan fingerprint density at radius 3 is 2.90 bits per heavy atom. The summed E-state index contributed by atoms with van der Waals surface area (Å²) in [5.41, 5.74) is 0. The van der Waals surface area contributed by atoms with Crippen LogP contribution in [0, 0.1) is 5.82 Å². The van der Waals surface area contributed by atoms with Crippen molar-refractivity contribution in [3.63, 3.8) is 0 Å². The molecule has 0 unspecified atom stereocenters. The molecule has 0 fully saturated rings. The number of aromatic nitrogens is 2. The fourth-order valence-corrected chi connectivity index (χ4v) is 4.05. The summed E-state index contributed by atoms with van der Waals surface area (Å²) in [5, 5.41) is 1.97. The van der Waals surface area contributed by atoms with Gasteiger partial charge in [-0.25, -0.2) is 14.4 Å². The van der Waals surface area contributed by atoms with Crippen molar-refractivity contribution in [3.05, 3.63) is 46.3 Å². The van der Waals surface area contributed by atoms with Crippen molar-refractivity contribution in [3.8, 4) is 0 Å². The maximum atomic E-state index is 13.3. The Bertz CT molecular complexity index is 773. The van der Waals surface area contributed by atoms with Gasteiger partial charge in [-0.15, -0.1) is 11.3 Å². The normalized spacial score (nSPS) is 11.2. The predicted molar refractivity (Wildman–Crippen MR) is 82.3 cm³/mol. The highest BCUT2D eigenvalue weighted by Gasteiger charge is 2.12. The van der Waals surface area contributed by atoms with Crippen LogP contribution in [0.2, 0.25) is 5.28 Å². The van der Waals surface area contributed by atoms with E-state index in [9.17, 15) is 4.39 Å². The Morgan fingerprint density at radius 2 is 2.15 bits per heavy atom. The van der Waals surface area contributed by atoms with Gasteiger partial charge in [0.1, 0.15) is 15.7 Å². The largest absolute Gasteiger partial charge is 0.224 e. The zero-order chi connectivity index (χ0) is 14.1. The highest BCUT2D eigenvalue weighted by molar-refractivity contribution is 7.99. The summed E-state index contributed by atoms with van der Waals surface area (Å²) in [4.78, 5) is 11.4. The second-order valence-corrected chi connectivity index (χ2v) is 6.66. The monoisotopic (exact) mass is 324 g/mol. The molecule has 2 nitrogen and oxygen atoms in total. The van der Waals surface area contributed by atoms with Crippen LogP contribution in [0.3, 0.4) is 0 Å². The third-order valence-corrected chi connectivity index (χ3v) is 5.08. The van der Waals surface area contributed by atoms with Crippen molar-refractivity contribution in [1.82, 2.24) is 9.97 Å². The number of aryl methyl sites for hydroxylation is 1. The molecule has 2 aromatic heterocycles. The van der Waals surface area contributed by atoms with Gasteiger partial charge in [0.15, 0.2) is 0 Å². The second kappa shape index (κ2) is 5.68. The molecule has 6 heteroatoms. The number of nitrogens with zero attached hydrogens (tertiary/aromatic N) is 2. The molecule has 0 N–H and O–H groups in total. The van der Waals surface area contributed by atoms with E-state index in [0.717, 1.165) is 26.6 Å². The molecule has 0 amide bonds. The number of fused-ring (bicyclic) bond motifs is 1. The summed E-state index contributed by atoms with van der Waals surface area (Å²) in [5.74, 6) is -0.258. The van der Waals surface area contributed by atoms with Gasteiger partial charge >= 0.3 is 0 Å². The molecule has 0 atom stereocenters. The van der Waals surface area contributed by atoms with Crippen LogP contribution in [0.15, 0.2) is 40.3 Å². The fraction of sp³-hybridized carbons (Fsp3) is 0.143. The molecule has 2 heterocycles. The summed E-state index contributed by atoms with van der Waals surface area (Å²) in [6.07, 6.45) is 0.947. The number of halogens is 2. The molecule has 0 aliphatic rings. The van der Waals surface area contributed by atoms with Gasteiger partial charge in [0.05, 0.1) is 0 Å². The van der Waals surface area contributed by atoms with Crippen molar-refractivity contribution >= 4 is 44.9 Å². The van der Waals surface area contributed by atoms with Crippen LogP contribution in [0.5, 0.6) is 0 Å². The van der Waals surface area contributed by atoms with E-state index in [1.807, 2.05) is 6.07 Å². The van der Waals surface area contributed by atoms with E-state index >= 15 is 0 Å². The van der Waals surface area contributed by atoms with Gasteiger partial charge in [-0.2, -0.15) is 0 Å². The first-order valence-corrected chi connectivity index (χ1v) is 8.06. The molecular formula is C14H10ClFN2S2. The minimum Gasteiger partial charge on any atom is -0.210 e. The number of hydrogen-bond acceptors (Lipinski definition) is 4. The number of thiophene rings is 1. The van der Waals surface area contributed by atoms with Crippen molar-refractivity contribution in [2.45, 2.75) is 23.3 Å². The number of rotatable bonds is 3. The Kier molecular flexibility index (Phi) is 3.92. The van der Waals surface area contributed by atoms with E-state index in [1.54, 1.807) is 17.4 Å². The topological polar surface area (TPSA) is 25.8 Å².